The zero-order valence-electron chi connectivity index (χ0n) is 10.4. The second kappa shape index (κ2) is 4.30. The van der Waals surface area contributed by atoms with Crippen molar-refractivity contribution in [1.82, 2.24) is 0 Å². The minimum atomic E-state index is -0.661. The first-order chi connectivity index (χ1) is 8.67. The first-order valence-corrected chi connectivity index (χ1v) is 6.68. The van der Waals surface area contributed by atoms with Crippen LogP contribution in [-0.4, -0.2) is 17.6 Å². The third-order valence-electron chi connectivity index (χ3n) is 4.43. The van der Waals surface area contributed by atoms with E-state index in [4.69, 9.17) is 5.11 Å². The van der Waals surface area contributed by atoms with E-state index in [9.17, 15) is 4.79 Å². The normalized spacial score (nSPS) is 32.9. The molecule has 0 bridgehead atoms. The standard InChI is InChI=1S/C15H19NO2/c17-14(18)9-15(7-11-6-12(11)8-15)10-16-13-4-2-1-3-5-13/h1-5,11-12,16H,6-10H2,(H,17,18)/t11-,12+,15-. The van der Waals surface area contributed by atoms with Gasteiger partial charge in [0.25, 0.3) is 0 Å². The van der Waals surface area contributed by atoms with Gasteiger partial charge in [0.2, 0.25) is 0 Å². The summed E-state index contributed by atoms with van der Waals surface area (Å²) in [6, 6.07) is 10.0. The second-order valence-electron chi connectivity index (χ2n) is 5.95. The number of carboxylic acid groups (broad SMARTS) is 1. The van der Waals surface area contributed by atoms with Crippen LogP contribution in [-0.2, 0) is 4.79 Å². The first kappa shape index (κ1) is 11.6. The van der Waals surface area contributed by atoms with Crippen LogP contribution in [0.3, 0.4) is 0 Å². The molecule has 3 atom stereocenters. The highest BCUT2D eigenvalue weighted by atomic mass is 16.4. The summed E-state index contributed by atoms with van der Waals surface area (Å²) in [5, 5.41) is 12.5. The van der Waals surface area contributed by atoms with Crippen LogP contribution in [0.2, 0.25) is 0 Å². The smallest absolute Gasteiger partial charge is 0.303 e. The zero-order valence-corrected chi connectivity index (χ0v) is 10.4. The lowest BCUT2D eigenvalue weighted by molar-refractivity contribution is -0.139. The number of anilines is 1. The molecular weight excluding hydrogens is 226 g/mol. The zero-order chi connectivity index (χ0) is 12.6. The maximum absolute atomic E-state index is 11.1. The van der Waals surface area contributed by atoms with Crippen molar-refractivity contribution in [1.29, 1.82) is 0 Å². The van der Waals surface area contributed by atoms with Crippen molar-refractivity contribution >= 4 is 11.7 Å². The molecule has 1 aromatic rings. The Kier molecular flexibility index (Phi) is 2.77. The van der Waals surface area contributed by atoms with E-state index in [0.29, 0.717) is 6.42 Å². The van der Waals surface area contributed by atoms with E-state index in [1.165, 1.54) is 6.42 Å². The fourth-order valence-corrected chi connectivity index (χ4v) is 3.52. The highest BCUT2D eigenvalue weighted by molar-refractivity contribution is 5.68. The predicted molar refractivity (Wildman–Crippen MR) is 70.4 cm³/mol. The third-order valence-corrected chi connectivity index (χ3v) is 4.43. The molecule has 0 heterocycles. The van der Waals surface area contributed by atoms with Crippen LogP contribution in [0.5, 0.6) is 0 Å². The minimum absolute atomic E-state index is 0.0186. The summed E-state index contributed by atoms with van der Waals surface area (Å²) in [4.78, 5) is 11.1. The number of rotatable bonds is 5. The number of carboxylic acids is 1. The molecule has 0 saturated heterocycles. The van der Waals surface area contributed by atoms with Crippen molar-refractivity contribution in [3.63, 3.8) is 0 Å². The van der Waals surface area contributed by atoms with Crippen LogP contribution in [0.1, 0.15) is 25.7 Å². The van der Waals surface area contributed by atoms with E-state index in [1.54, 1.807) is 0 Å². The molecule has 3 heteroatoms. The van der Waals surface area contributed by atoms with Gasteiger partial charge in [-0.05, 0) is 48.6 Å². The van der Waals surface area contributed by atoms with Gasteiger partial charge in [0.05, 0.1) is 6.42 Å². The van der Waals surface area contributed by atoms with E-state index in [0.717, 1.165) is 36.9 Å². The van der Waals surface area contributed by atoms with Crippen molar-refractivity contribution in [2.75, 3.05) is 11.9 Å². The first-order valence-electron chi connectivity index (χ1n) is 6.68. The Morgan fingerprint density at radius 3 is 2.56 bits per heavy atom. The lowest BCUT2D eigenvalue weighted by Crippen LogP contribution is -2.31. The number of hydrogen-bond acceptors (Lipinski definition) is 2. The summed E-state index contributed by atoms with van der Waals surface area (Å²) in [5.41, 5.74) is 1.07. The van der Waals surface area contributed by atoms with Gasteiger partial charge in [-0.3, -0.25) is 4.79 Å². The molecule has 2 fully saturated rings. The van der Waals surface area contributed by atoms with E-state index in [1.807, 2.05) is 30.3 Å². The molecule has 2 N–H and O–H groups in total. The quantitative estimate of drug-likeness (QED) is 0.838. The summed E-state index contributed by atoms with van der Waals surface area (Å²) in [5.74, 6) is 0.954. The average molecular weight is 245 g/mol. The highest BCUT2D eigenvalue weighted by Crippen LogP contribution is 2.61. The Labute approximate surface area is 107 Å². The summed E-state index contributed by atoms with van der Waals surface area (Å²) < 4.78 is 0. The highest BCUT2D eigenvalue weighted by Gasteiger charge is 2.54. The molecule has 1 aromatic carbocycles. The van der Waals surface area contributed by atoms with E-state index >= 15 is 0 Å². The van der Waals surface area contributed by atoms with Gasteiger partial charge in [0.15, 0.2) is 0 Å². The van der Waals surface area contributed by atoms with Gasteiger partial charge in [-0.15, -0.1) is 0 Å². The molecule has 18 heavy (non-hydrogen) atoms. The molecule has 0 spiro atoms. The second-order valence-corrected chi connectivity index (χ2v) is 5.95. The lowest BCUT2D eigenvalue weighted by Gasteiger charge is -2.30. The van der Waals surface area contributed by atoms with Crippen molar-refractivity contribution < 1.29 is 9.90 Å². The predicted octanol–water partition coefficient (Wildman–Crippen LogP) is 2.99. The Hall–Kier alpha value is -1.51. The van der Waals surface area contributed by atoms with Gasteiger partial charge in [-0.2, -0.15) is 0 Å². The molecule has 2 aliphatic rings. The van der Waals surface area contributed by atoms with Gasteiger partial charge in [0, 0.05) is 12.2 Å². The molecule has 0 aliphatic heterocycles. The van der Waals surface area contributed by atoms with Crippen molar-refractivity contribution in [3.8, 4) is 0 Å². The Balaban J connectivity index is 1.65. The molecule has 2 aliphatic carbocycles. The largest absolute Gasteiger partial charge is 0.481 e. The summed E-state index contributed by atoms with van der Waals surface area (Å²) in [7, 11) is 0. The van der Waals surface area contributed by atoms with Crippen LogP contribution in [0.15, 0.2) is 30.3 Å². The molecule has 2 saturated carbocycles. The van der Waals surface area contributed by atoms with Crippen LogP contribution in [0, 0.1) is 17.3 Å². The summed E-state index contributed by atoms with van der Waals surface area (Å²) >= 11 is 0. The molecule has 3 nitrogen and oxygen atoms in total. The van der Waals surface area contributed by atoms with E-state index < -0.39 is 5.97 Å². The number of nitrogens with one attached hydrogen (secondary N) is 1. The SMILES string of the molecule is O=C(O)C[C@@]1(CNc2ccccc2)C[C@H]2C[C@H]2C1. The summed E-state index contributed by atoms with van der Waals surface area (Å²) in [6.07, 6.45) is 3.81. The molecule has 0 radical (unpaired) electrons. The fourth-order valence-electron chi connectivity index (χ4n) is 3.52. The number of aliphatic carboxylic acids is 1. The molecule has 96 valence electrons. The van der Waals surface area contributed by atoms with Crippen molar-refractivity contribution in [3.05, 3.63) is 30.3 Å². The van der Waals surface area contributed by atoms with Crippen molar-refractivity contribution in [2.45, 2.75) is 25.7 Å². The number of hydrogen-bond donors (Lipinski definition) is 2. The molecular formula is C15H19NO2. The van der Waals surface area contributed by atoms with Crippen LogP contribution >= 0.6 is 0 Å². The molecule has 0 amide bonds. The minimum Gasteiger partial charge on any atom is -0.481 e. The monoisotopic (exact) mass is 245 g/mol. The number of carbonyl (C=O) groups is 1. The number of fused-ring (bicyclic) bond motifs is 1. The van der Waals surface area contributed by atoms with Gasteiger partial charge >= 0.3 is 5.97 Å². The number of para-hydroxylation sites is 1. The lowest BCUT2D eigenvalue weighted by atomic mass is 9.79. The van der Waals surface area contributed by atoms with E-state index in [2.05, 4.69) is 5.32 Å². The Morgan fingerprint density at radius 2 is 1.94 bits per heavy atom. The summed E-state index contributed by atoms with van der Waals surface area (Å²) in [6.45, 7) is 0.788. The maximum Gasteiger partial charge on any atom is 0.303 e. The molecule has 3 rings (SSSR count). The van der Waals surface area contributed by atoms with Gasteiger partial charge in [-0.25, -0.2) is 0 Å². The van der Waals surface area contributed by atoms with Gasteiger partial charge in [-0.1, -0.05) is 18.2 Å². The van der Waals surface area contributed by atoms with Gasteiger partial charge < -0.3 is 10.4 Å². The molecule has 0 unspecified atom stereocenters. The third kappa shape index (κ3) is 2.35. The van der Waals surface area contributed by atoms with Gasteiger partial charge in [0.1, 0.15) is 0 Å². The van der Waals surface area contributed by atoms with Crippen LogP contribution < -0.4 is 5.32 Å². The Morgan fingerprint density at radius 1 is 1.28 bits per heavy atom. The molecule has 0 aromatic heterocycles. The van der Waals surface area contributed by atoms with Crippen LogP contribution in [0.25, 0.3) is 0 Å². The van der Waals surface area contributed by atoms with Crippen LogP contribution in [0.4, 0.5) is 5.69 Å². The fraction of sp³-hybridized carbons (Fsp3) is 0.533. The number of benzene rings is 1. The Bertz CT molecular complexity index is 433. The maximum atomic E-state index is 11.1. The topological polar surface area (TPSA) is 49.3 Å². The van der Waals surface area contributed by atoms with E-state index in [-0.39, 0.29) is 5.41 Å². The van der Waals surface area contributed by atoms with Crippen molar-refractivity contribution in [2.24, 2.45) is 17.3 Å². The average Bonchev–Trinajstić information content (AvgIpc) is 2.96.